The molecule has 3 N–H and O–H groups in total. The molecule has 4 heteroatoms. The number of primary amides is 1. The maximum absolute atomic E-state index is 11.2. The number of fused-ring (bicyclic) bond motifs is 1. The van der Waals surface area contributed by atoms with Crippen LogP contribution in [-0.4, -0.2) is 17.0 Å². The number of carboxylic acid groups (broad SMARTS) is 1. The lowest BCUT2D eigenvalue weighted by molar-refractivity contribution is -0.117. The van der Waals surface area contributed by atoms with Crippen molar-refractivity contribution in [3.8, 4) is 0 Å². The fourth-order valence-electron chi connectivity index (χ4n) is 1.97. The van der Waals surface area contributed by atoms with Gasteiger partial charge in [0.25, 0.3) is 0 Å². The van der Waals surface area contributed by atoms with Gasteiger partial charge < -0.3 is 10.8 Å². The SMILES string of the molecule is NC(=O)CC=Cc1cccc2c(C(=O)O)cccc12. The standard InChI is InChI=1S/C15H13NO3/c16-14(17)9-2-5-10-4-1-7-12-11(10)6-3-8-13(12)15(18)19/h1-8H,9H2,(H2,16,17)(H,18,19). The molecule has 0 unspecified atom stereocenters. The molecule has 0 aliphatic carbocycles. The average molecular weight is 255 g/mol. The van der Waals surface area contributed by atoms with E-state index in [1.54, 1.807) is 36.4 Å². The highest BCUT2D eigenvalue weighted by atomic mass is 16.4. The second-order valence-corrected chi connectivity index (χ2v) is 4.13. The van der Waals surface area contributed by atoms with Crippen molar-refractivity contribution in [1.82, 2.24) is 0 Å². The van der Waals surface area contributed by atoms with Gasteiger partial charge in [-0.1, -0.05) is 42.5 Å². The predicted octanol–water partition coefficient (Wildman–Crippen LogP) is 2.43. The first kappa shape index (κ1) is 12.8. The Bertz CT molecular complexity index is 674. The largest absolute Gasteiger partial charge is 0.478 e. The van der Waals surface area contributed by atoms with Gasteiger partial charge in [-0.2, -0.15) is 0 Å². The first-order valence-corrected chi connectivity index (χ1v) is 5.79. The normalized spacial score (nSPS) is 10.9. The second kappa shape index (κ2) is 5.35. The van der Waals surface area contributed by atoms with Crippen molar-refractivity contribution < 1.29 is 14.7 Å². The highest BCUT2D eigenvalue weighted by Gasteiger charge is 2.08. The van der Waals surface area contributed by atoms with Gasteiger partial charge in [0.1, 0.15) is 0 Å². The minimum atomic E-state index is -0.955. The minimum absolute atomic E-state index is 0.162. The number of carboxylic acids is 1. The second-order valence-electron chi connectivity index (χ2n) is 4.13. The molecule has 0 bridgehead atoms. The number of hydrogen-bond acceptors (Lipinski definition) is 2. The lowest BCUT2D eigenvalue weighted by Gasteiger charge is -2.05. The summed E-state index contributed by atoms with van der Waals surface area (Å²) in [6.45, 7) is 0. The van der Waals surface area contributed by atoms with E-state index in [9.17, 15) is 9.59 Å². The first-order valence-electron chi connectivity index (χ1n) is 5.79. The van der Waals surface area contributed by atoms with E-state index < -0.39 is 11.9 Å². The summed E-state index contributed by atoms with van der Waals surface area (Å²) >= 11 is 0. The van der Waals surface area contributed by atoms with Gasteiger partial charge in [0.05, 0.1) is 5.56 Å². The number of aromatic carboxylic acids is 1. The molecule has 2 rings (SSSR count). The number of rotatable bonds is 4. The molecule has 0 fully saturated rings. The fourth-order valence-corrected chi connectivity index (χ4v) is 1.97. The molecule has 0 aliphatic heterocycles. The Labute approximate surface area is 110 Å². The summed E-state index contributed by atoms with van der Waals surface area (Å²) in [5.74, 6) is -1.36. The Hall–Kier alpha value is -2.62. The highest BCUT2D eigenvalue weighted by Crippen LogP contribution is 2.23. The van der Waals surface area contributed by atoms with Crippen LogP contribution in [0.25, 0.3) is 16.8 Å². The number of benzene rings is 2. The van der Waals surface area contributed by atoms with E-state index in [0.717, 1.165) is 10.9 Å². The Kier molecular flexibility index (Phi) is 3.61. The van der Waals surface area contributed by atoms with Crippen LogP contribution in [0.3, 0.4) is 0 Å². The number of carbonyl (C=O) groups excluding carboxylic acids is 1. The van der Waals surface area contributed by atoms with E-state index in [4.69, 9.17) is 10.8 Å². The topological polar surface area (TPSA) is 80.4 Å². The first-order chi connectivity index (χ1) is 9.09. The van der Waals surface area contributed by atoms with Gasteiger partial charge in [0.2, 0.25) is 5.91 Å². The molecule has 4 nitrogen and oxygen atoms in total. The van der Waals surface area contributed by atoms with Crippen LogP contribution in [0.4, 0.5) is 0 Å². The quantitative estimate of drug-likeness (QED) is 0.880. The van der Waals surface area contributed by atoms with Crippen molar-refractivity contribution in [3.63, 3.8) is 0 Å². The maximum atomic E-state index is 11.2. The molecule has 19 heavy (non-hydrogen) atoms. The van der Waals surface area contributed by atoms with E-state index in [1.165, 1.54) is 0 Å². The third-order valence-corrected chi connectivity index (χ3v) is 2.80. The Morgan fingerprint density at radius 3 is 2.47 bits per heavy atom. The number of hydrogen-bond donors (Lipinski definition) is 2. The zero-order valence-corrected chi connectivity index (χ0v) is 10.2. The molecular formula is C15H13NO3. The van der Waals surface area contributed by atoms with Gasteiger partial charge >= 0.3 is 5.97 Å². The maximum Gasteiger partial charge on any atom is 0.336 e. The Balaban J connectivity index is 2.52. The number of carbonyl (C=O) groups is 2. The molecule has 0 saturated carbocycles. The average Bonchev–Trinajstić information content (AvgIpc) is 2.37. The van der Waals surface area contributed by atoms with Crippen molar-refractivity contribution >= 4 is 28.7 Å². The summed E-state index contributed by atoms with van der Waals surface area (Å²) in [7, 11) is 0. The van der Waals surface area contributed by atoms with Crippen LogP contribution in [-0.2, 0) is 4.79 Å². The van der Waals surface area contributed by atoms with Gasteiger partial charge in [-0.25, -0.2) is 4.79 Å². The predicted molar refractivity (Wildman–Crippen MR) is 73.8 cm³/mol. The van der Waals surface area contributed by atoms with Crippen LogP contribution in [0.1, 0.15) is 22.3 Å². The molecule has 0 aliphatic rings. The number of nitrogens with two attached hydrogens (primary N) is 1. The Morgan fingerprint density at radius 2 is 1.79 bits per heavy atom. The molecule has 0 radical (unpaired) electrons. The van der Waals surface area contributed by atoms with E-state index in [2.05, 4.69) is 0 Å². The lowest BCUT2D eigenvalue weighted by atomic mass is 9.99. The van der Waals surface area contributed by atoms with Crippen LogP contribution < -0.4 is 5.73 Å². The summed E-state index contributed by atoms with van der Waals surface area (Å²) in [4.78, 5) is 21.8. The fraction of sp³-hybridized carbons (Fsp3) is 0.0667. The van der Waals surface area contributed by atoms with Crippen LogP contribution >= 0.6 is 0 Å². The van der Waals surface area contributed by atoms with Gasteiger partial charge in [-0.3, -0.25) is 4.79 Å². The number of amides is 1. The molecule has 0 saturated heterocycles. The molecule has 2 aromatic rings. The van der Waals surface area contributed by atoms with E-state index in [-0.39, 0.29) is 12.0 Å². The van der Waals surface area contributed by atoms with E-state index in [1.807, 2.05) is 12.1 Å². The van der Waals surface area contributed by atoms with E-state index >= 15 is 0 Å². The molecule has 96 valence electrons. The summed E-state index contributed by atoms with van der Waals surface area (Å²) in [6.07, 6.45) is 3.61. The van der Waals surface area contributed by atoms with Gasteiger partial charge in [-0.15, -0.1) is 0 Å². The molecule has 2 aromatic carbocycles. The van der Waals surface area contributed by atoms with Gasteiger partial charge in [-0.05, 0) is 22.4 Å². The molecule has 0 heterocycles. The minimum Gasteiger partial charge on any atom is -0.478 e. The van der Waals surface area contributed by atoms with Crippen LogP contribution in [0.2, 0.25) is 0 Å². The molecule has 1 amide bonds. The zero-order chi connectivity index (χ0) is 13.8. The monoisotopic (exact) mass is 255 g/mol. The summed E-state index contributed by atoms with van der Waals surface area (Å²) < 4.78 is 0. The van der Waals surface area contributed by atoms with Crippen molar-refractivity contribution in [2.24, 2.45) is 5.73 Å². The van der Waals surface area contributed by atoms with Crippen molar-refractivity contribution in [3.05, 3.63) is 53.6 Å². The van der Waals surface area contributed by atoms with Gasteiger partial charge in [0.15, 0.2) is 0 Å². The van der Waals surface area contributed by atoms with Gasteiger partial charge in [0, 0.05) is 6.42 Å². The molecule has 0 spiro atoms. The highest BCUT2D eigenvalue weighted by molar-refractivity contribution is 6.05. The van der Waals surface area contributed by atoms with Crippen LogP contribution in [0, 0.1) is 0 Å². The van der Waals surface area contributed by atoms with E-state index in [0.29, 0.717) is 5.39 Å². The molecule has 0 atom stereocenters. The molecular weight excluding hydrogens is 242 g/mol. The summed E-state index contributed by atoms with van der Waals surface area (Å²) in [5, 5.41) is 10.7. The third-order valence-electron chi connectivity index (χ3n) is 2.80. The van der Waals surface area contributed by atoms with Crippen LogP contribution in [0.15, 0.2) is 42.5 Å². The Morgan fingerprint density at radius 1 is 1.11 bits per heavy atom. The molecule has 0 aromatic heterocycles. The summed E-state index contributed by atoms with van der Waals surface area (Å²) in [5.41, 5.74) is 6.19. The third kappa shape index (κ3) is 2.80. The summed E-state index contributed by atoms with van der Waals surface area (Å²) in [6, 6.07) is 10.6. The van der Waals surface area contributed by atoms with Crippen molar-refractivity contribution in [1.29, 1.82) is 0 Å². The van der Waals surface area contributed by atoms with Crippen molar-refractivity contribution in [2.75, 3.05) is 0 Å². The smallest absolute Gasteiger partial charge is 0.336 e. The lowest BCUT2D eigenvalue weighted by Crippen LogP contribution is -2.07. The van der Waals surface area contributed by atoms with Crippen LogP contribution in [0.5, 0.6) is 0 Å². The zero-order valence-electron chi connectivity index (χ0n) is 10.2. The van der Waals surface area contributed by atoms with Crippen molar-refractivity contribution in [2.45, 2.75) is 6.42 Å².